The van der Waals surface area contributed by atoms with Gasteiger partial charge in [0.05, 0.1) is 0 Å². The smallest absolute Gasteiger partial charge is 0.152 e. The van der Waals surface area contributed by atoms with E-state index in [-0.39, 0.29) is 0 Å². The highest BCUT2D eigenvalue weighted by Gasteiger charge is 2.21. The number of carbonyl (C=O) groups excluding carboxylic acids is 1. The van der Waals surface area contributed by atoms with E-state index in [1.54, 1.807) is 18.0 Å². The minimum Gasteiger partial charge on any atom is -0.298 e. The van der Waals surface area contributed by atoms with E-state index in [9.17, 15) is 4.79 Å². The van der Waals surface area contributed by atoms with Crippen molar-refractivity contribution in [2.45, 2.75) is 42.9 Å². The van der Waals surface area contributed by atoms with E-state index < -0.39 is 0 Å². The molecule has 1 aromatic rings. The van der Waals surface area contributed by atoms with Crippen molar-refractivity contribution in [2.24, 2.45) is 5.92 Å². The standard InChI is InChI=1S/C13H17NOS/c1-10-4-2-6-12(8-10)16-13-11(9-15)5-3-7-14-13/h3,5,7,9-10,12H,2,4,6,8H2,1H3. The Morgan fingerprint density at radius 3 is 3.12 bits per heavy atom. The summed E-state index contributed by atoms with van der Waals surface area (Å²) < 4.78 is 0. The topological polar surface area (TPSA) is 30.0 Å². The summed E-state index contributed by atoms with van der Waals surface area (Å²) in [5.74, 6) is 0.814. The van der Waals surface area contributed by atoms with Gasteiger partial charge in [0, 0.05) is 17.0 Å². The molecule has 3 heteroatoms. The monoisotopic (exact) mass is 235 g/mol. The molecule has 1 fully saturated rings. The first-order valence-electron chi connectivity index (χ1n) is 5.86. The van der Waals surface area contributed by atoms with Crippen LogP contribution in [0, 0.1) is 5.92 Å². The number of aromatic nitrogens is 1. The van der Waals surface area contributed by atoms with E-state index in [0.717, 1.165) is 22.8 Å². The maximum absolute atomic E-state index is 10.9. The van der Waals surface area contributed by atoms with Crippen LogP contribution in [0.25, 0.3) is 0 Å². The summed E-state index contributed by atoms with van der Waals surface area (Å²) >= 11 is 1.78. The average Bonchev–Trinajstić information content (AvgIpc) is 2.30. The van der Waals surface area contributed by atoms with Gasteiger partial charge < -0.3 is 0 Å². The normalized spacial score (nSPS) is 25.3. The number of hydrogen-bond donors (Lipinski definition) is 0. The molecule has 16 heavy (non-hydrogen) atoms. The van der Waals surface area contributed by atoms with Crippen LogP contribution in [0.2, 0.25) is 0 Å². The Bertz CT molecular complexity index is 367. The van der Waals surface area contributed by atoms with Crippen molar-refractivity contribution >= 4 is 18.0 Å². The molecule has 1 aromatic heterocycles. The Labute approximate surface area is 101 Å². The molecule has 1 aliphatic carbocycles. The Morgan fingerprint density at radius 2 is 2.38 bits per heavy atom. The third-order valence-corrected chi connectivity index (χ3v) is 4.42. The van der Waals surface area contributed by atoms with Crippen molar-refractivity contribution in [1.29, 1.82) is 0 Å². The fourth-order valence-electron chi connectivity index (χ4n) is 2.23. The molecule has 0 saturated heterocycles. The molecule has 2 nitrogen and oxygen atoms in total. The van der Waals surface area contributed by atoms with Gasteiger partial charge in [0.15, 0.2) is 6.29 Å². The largest absolute Gasteiger partial charge is 0.298 e. The summed E-state index contributed by atoms with van der Waals surface area (Å²) in [4.78, 5) is 15.2. The molecule has 0 spiro atoms. The minimum absolute atomic E-state index is 0.636. The van der Waals surface area contributed by atoms with Gasteiger partial charge in [-0.3, -0.25) is 4.79 Å². The van der Waals surface area contributed by atoms with Gasteiger partial charge >= 0.3 is 0 Å². The number of nitrogens with zero attached hydrogens (tertiary/aromatic N) is 1. The van der Waals surface area contributed by atoms with Crippen molar-refractivity contribution in [3.05, 3.63) is 23.9 Å². The second-order valence-corrected chi connectivity index (χ2v) is 5.82. The molecule has 0 aromatic carbocycles. The molecule has 2 rings (SSSR count). The second-order valence-electron chi connectivity index (χ2n) is 4.53. The molecule has 1 saturated carbocycles. The SMILES string of the molecule is CC1CCCC(Sc2ncccc2C=O)C1. The fraction of sp³-hybridized carbons (Fsp3) is 0.538. The number of pyridine rings is 1. The van der Waals surface area contributed by atoms with Crippen LogP contribution in [-0.4, -0.2) is 16.5 Å². The molecular weight excluding hydrogens is 218 g/mol. The first-order valence-corrected chi connectivity index (χ1v) is 6.74. The molecule has 2 atom stereocenters. The highest BCUT2D eigenvalue weighted by molar-refractivity contribution is 7.99. The zero-order valence-electron chi connectivity index (χ0n) is 9.56. The van der Waals surface area contributed by atoms with Crippen molar-refractivity contribution in [1.82, 2.24) is 4.98 Å². The highest BCUT2D eigenvalue weighted by atomic mass is 32.2. The van der Waals surface area contributed by atoms with Gasteiger partial charge in [0.25, 0.3) is 0 Å². The average molecular weight is 235 g/mol. The lowest BCUT2D eigenvalue weighted by atomic mass is 9.91. The van der Waals surface area contributed by atoms with E-state index in [1.165, 1.54) is 25.7 Å². The van der Waals surface area contributed by atoms with Crippen molar-refractivity contribution in [3.8, 4) is 0 Å². The molecule has 0 amide bonds. The van der Waals surface area contributed by atoms with E-state index in [4.69, 9.17) is 0 Å². The first-order chi connectivity index (χ1) is 7.79. The predicted molar refractivity (Wildman–Crippen MR) is 66.9 cm³/mol. The van der Waals surface area contributed by atoms with Crippen LogP contribution in [0.15, 0.2) is 23.4 Å². The van der Waals surface area contributed by atoms with Gasteiger partial charge in [-0.05, 0) is 30.9 Å². The summed E-state index contributed by atoms with van der Waals surface area (Å²) in [5, 5.41) is 1.54. The summed E-state index contributed by atoms with van der Waals surface area (Å²) in [6.45, 7) is 2.31. The van der Waals surface area contributed by atoms with Crippen LogP contribution in [-0.2, 0) is 0 Å². The molecule has 0 bridgehead atoms. The van der Waals surface area contributed by atoms with E-state index in [1.807, 2.05) is 12.1 Å². The molecule has 0 aliphatic heterocycles. The summed E-state index contributed by atoms with van der Waals surface area (Å²) in [5.41, 5.74) is 0.728. The molecule has 0 N–H and O–H groups in total. The Balaban J connectivity index is 2.05. The molecule has 1 heterocycles. The lowest BCUT2D eigenvalue weighted by Crippen LogP contribution is -2.15. The zero-order chi connectivity index (χ0) is 11.4. The predicted octanol–water partition coefficient (Wildman–Crippen LogP) is 3.56. The number of hydrogen-bond acceptors (Lipinski definition) is 3. The highest BCUT2D eigenvalue weighted by Crippen LogP contribution is 2.35. The maximum Gasteiger partial charge on any atom is 0.152 e. The molecular formula is C13H17NOS. The van der Waals surface area contributed by atoms with Crippen LogP contribution in [0.5, 0.6) is 0 Å². The van der Waals surface area contributed by atoms with Crippen LogP contribution in [0.3, 0.4) is 0 Å². The van der Waals surface area contributed by atoms with Gasteiger partial charge in [-0.15, -0.1) is 11.8 Å². The third kappa shape index (κ3) is 2.85. The summed E-state index contributed by atoms with van der Waals surface area (Å²) in [6, 6.07) is 3.66. The molecule has 86 valence electrons. The summed E-state index contributed by atoms with van der Waals surface area (Å²) in [6.07, 6.45) is 7.83. The van der Waals surface area contributed by atoms with Crippen LogP contribution in [0.4, 0.5) is 0 Å². The number of aldehydes is 1. The Morgan fingerprint density at radius 1 is 1.50 bits per heavy atom. The Hall–Kier alpha value is -0.830. The van der Waals surface area contributed by atoms with Crippen molar-refractivity contribution in [2.75, 3.05) is 0 Å². The van der Waals surface area contributed by atoms with Gasteiger partial charge in [0.1, 0.15) is 5.03 Å². The fourth-order valence-corrected chi connectivity index (χ4v) is 3.63. The minimum atomic E-state index is 0.636. The maximum atomic E-state index is 10.9. The molecule has 2 unspecified atom stereocenters. The number of rotatable bonds is 3. The quantitative estimate of drug-likeness (QED) is 0.750. The van der Waals surface area contributed by atoms with E-state index >= 15 is 0 Å². The Kier molecular flexibility index (Phi) is 3.99. The second kappa shape index (κ2) is 5.48. The lowest BCUT2D eigenvalue weighted by molar-refractivity contribution is 0.112. The van der Waals surface area contributed by atoms with Crippen LogP contribution in [0.1, 0.15) is 43.0 Å². The van der Waals surface area contributed by atoms with Crippen molar-refractivity contribution in [3.63, 3.8) is 0 Å². The lowest BCUT2D eigenvalue weighted by Gasteiger charge is -2.26. The van der Waals surface area contributed by atoms with E-state index in [0.29, 0.717) is 5.25 Å². The van der Waals surface area contributed by atoms with Crippen molar-refractivity contribution < 1.29 is 4.79 Å². The van der Waals surface area contributed by atoms with E-state index in [2.05, 4.69) is 11.9 Å². The van der Waals surface area contributed by atoms with Gasteiger partial charge in [-0.1, -0.05) is 19.8 Å². The zero-order valence-corrected chi connectivity index (χ0v) is 10.4. The number of thioether (sulfide) groups is 1. The van der Waals surface area contributed by atoms with Gasteiger partial charge in [-0.25, -0.2) is 4.98 Å². The first kappa shape index (κ1) is 11.6. The molecule has 0 radical (unpaired) electrons. The van der Waals surface area contributed by atoms with Gasteiger partial charge in [-0.2, -0.15) is 0 Å². The molecule has 1 aliphatic rings. The van der Waals surface area contributed by atoms with Gasteiger partial charge in [0.2, 0.25) is 0 Å². The van der Waals surface area contributed by atoms with Crippen LogP contribution >= 0.6 is 11.8 Å². The number of carbonyl (C=O) groups is 1. The van der Waals surface area contributed by atoms with Crippen LogP contribution < -0.4 is 0 Å². The summed E-state index contributed by atoms with van der Waals surface area (Å²) in [7, 11) is 0. The third-order valence-electron chi connectivity index (χ3n) is 3.09.